The number of alkyl halides is 2. The summed E-state index contributed by atoms with van der Waals surface area (Å²) in [5.41, 5.74) is 0. The normalized spacial score (nSPS) is 9.56. The lowest BCUT2D eigenvalue weighted by atomic mass is 10.5. The molecule has 0 aromatic heterocycles. The van der Waals surface area contributed by atoms with E-state index in [-0.39, 0.29) is 18.3 Å². The highest BCUT2D eigenvalue weighted by molar-refractivity contribution is 6.27. The molecule has 0 N–H and O–H groups in total. The summed E-state index contributed by atoms with van der Waals surface area (Å²) in [6.45, 7) is 0.487. The monoisotopic (exact) mass is 170 g/mol. The molecule has 0 atom stereocenters. The SMILES string of the molecule is O=C(CCl)COCCCl. The van der Waals surface area contributed by atoms with Gasteiger partial charge in [0.25, 0.3) is 0 Å². The maximum atomic E-state index is 10.4. The van der Waals surface area contributed by atoms with E-state index in [4.69, 9.17) is 27.9 Å². The number of ketones is 1. The van der Waals surface area contributed by atoms with E-state index in [1.165, 1.54) is 0 Å². The molecule has 0 aliphatic rings. The second-order valence-corrected chi connectivity index (χ2v) is 2.06. The lowest BCUT2D eigenvalue weighted by Crippen LogP contribution is -2.10. The molecular weight excluding hydrogens is 163 g/mol. The third-order valence-corrected chi connectivity index (χ3v) is 1.09. The maximum absolute atomic E-state index is 10.4. The number of hydrogen-bond acceptors (Lipinski definition) is 2. The third-order valence-electron chi connectivity index (χ3n) is 0.634. The predicted octanol–water partition coefficient (Wildman–Crippen LogP) is 1.05. The molecule has 0 radical (unpaired) electrons. The molecule has 2 nitrogen and oxygen atoms in total. The van der Waals surface area contributed by atoms with Gasteiger partial charge in [-0.1, -0.05) is 0 Å². The van der Waals surface area contributed by atoms with Crippen molar-refractivity contribution in [1.29, 1.82) is 0 Å². The van der Waals surface area contributed by atoms with E-state index in [1.807, 2.05) is 0 Å². The summed E-state index contributed by atoms with van der Waals surface area (Å²) in [5.74, 6) is 0.319. The number of hydrogen-bond donors (Lipinski definition) is 0. The Morgan fingerprint density at radius 2 is 2.11 bits per heavy atom. The van der Waals surface area contributed by atoms with E-state index in [9.17, 15) is 4.79 Å². The lowest BCUT2D eigenvalue weighted by Gasteiger charge is -1.96. The van der Waals surface area contributed by atoms with Crippen molar-refractivity contribution in [3.05, 3.63) is 0 Å². The summed E-state index contributed by atoms with van der Waals surface area (Å²) in [4.78, 5) is 10.4. The van der Waals surface area contributed by atoms with Gasteiger partial charge in [-0.15, -0.1) is 23.2 Å². The first kappa shape index (κ1) is 9.21. The molecule has 0 aliphatic carbocycles. The fraction of sp³-hybridized carbons (Fsp3) is 0.800. The first-order chi connectivity index (χ1) is 4.31. The third kappa shape index (κ3) is 6.09. The minimum atomic E-state index is -0.109. The molecule has 4 heteroatoms. The van der Waals surface area contributed by atoms with E-state index < -0.39 is 0 Å². The molecule has 0 aromatic rings. The van der Waals surface area contributed by atoms with Crippen molar-refractivity contribution in [2.75, 3.05) is 25.0 Å². The summed E-state index contributed by atoms with van der Waals surface area (Å²) in [5, 5.41) is 0. The van der Waals surface area contributed by atoms with Gasteiger partial charge in [-0.25, -0.2) is 0 Å². The van der Waals surface area contributed by atoms with E-state index in [0.29, 0.717) is 12.5 Å². The summed E-state index contributed by atoms with van der Waals surface area (Å²) < 4.78 is 4.77. The summed E-state index contributed by atoms with van der Waals surface area (Å²) in [6, 6.07) is 0. The van der Waals surface area contributed by atoms with Gasteiger partial charge in [0.1, 0.15) is 6.61 Å². The molecule has 0 aliphatic heterocycles. The minimum absolute atomic E-state index is 0.0162. The van der Waals surface area contributed by atoms with Gasteiger partial charge >= 0.3 is 0 Å². The molecular formula is C5H8Cl2O2. The second-order valence-electron chi connectivity index (χ2n) is 1.41. The van der Waals surface area contributed by atoms with Crippen LogP contribution in [0.4, 0.5) is 0 Å². The van der Waals surface area contributed by atoms with Crippen molar-refractivity contribution < 1.29 is 9.53 Å². The molecule has 0 bridgehead atoms. The van der Waals surface area contributed by atoms with Crippen LogP contribution in [0.2, 0.25) is 0 Å². The topological polar surface area (TPSA) is 26.3 Å². The van der Waals surface area contributed by atoms with Crippen LogP contribution in [0.15, 0.2) is 0 Å². The van der Waals surface area contributed by atoms with Crippen LogP contribution in [0.25, 0.3) is 0 Å². The molecule has 0 rings (SSSR count). The van der Waals surface area contributed by atoms with Gasteiger partial charge in [0.05, 0.1) is 12.5 Å². The van der Waals surface area contributed by atoms with Gasteiger partial charge < -0.3 is 4.74 Å². The molecule has 0 unspecified atom stereocenters. The smallest absolute Gasteiger partial charge is 0.173 e. The molecule has 0 aromatic carbocycles. The van der Waals surface area contributed by atoms with Crippen molar-refractivity contribution in [3.8, 4) is 0 Å². The van der Waals surface area contributed by atoms with E-state index >= 15 is 0 Å². The highest BCUT2D eigenvalue weighted by atomic mass is 35.5. The second kappa shape index (κ2) is 6.33. The Bertz CT molecular complexity index is 85.0. The molecule has 0 saturated heterocycles. The Balaban J connectivity index is 2.97. The van der Waals surface area contributed by atoms with Crippen LogP contribution >= 0.6 is 23.2 Å². The van der Waals surface area contributed by atoms with Crippen LogP contribution in [0, 0.1) is 0 Å². The number of ether oxygens (including phenoxy) is 1. The van der Waals surface area contributed by atoms with Crippen LogP contribution in [0.3, 0.4) is 0 Å². The van der Waals surface area contributed by atoms with Crippen LogP contribution in [0.1, 0.15) is 0 Å². The predicted molar refractivity (Wildman–Crippen MR) is 37.3 cm³/mol. The molecule has 9 heavy (non-hydrogen) atoms. The number of halogens is 2. The summed E-state index contributed by atoms with van der Waals surface area (Å²) in [6.07, 6.45) is 0. The Morgan fingerprint density at radius 3 is 2.56 bits per heavy atom. The van der Waals surface area contributed by atoms with Crippen LogP contribution in [-0.4, -0.2) is 30.8 Å². The van der Waals surface area contributed by atoms with Crippen molar-refractivity contribution in [1.82, 2.24) is 0 Å². The molecule has 0 amide bonds. The number of carbonyl (C=O) groups is 1. The Kier molecular flexibility index (Phi) is 6.48. The van der Waals surface area contributed by atoms with Gasteiger partial charge in [0.2, 0.25) is 0 Å². The highest BCUT2D eigenvalue weighted by Crippen LogP contribution is 1.82. The van der Waals surface area contributed by atoms with Gasteiger partial charge in [-0.05, 0) is 0 Å². The highest BCUT2D eigenvalue weighted by Gasteiger charge is 1.96. The van der Waals surface area contributed by atoms with Crippen LogP contribution in [0.5, 0.6) is 0 Å². The largest absolute Gasteiger partial charge is 0.372 e. The summed E-state index contributed by atoms with van der Waals surface area (Å²) in [7, 11) is 0. The van der Waals surface area contributed by atoms with Crippen molar-refractivity contribution in [2.24, 2.45) is 0 Å². The quantitative estimate of drug-likeness (QED) is 0.456. The molecule has 0 spiro atoms. The summed E-state index contributed by atoms with van der Waals surface area (Å²) >= 11 is 10.4. The molecule has 0 fully saturated rings. The van der Waals surface area contributed by atoms with Gasteiger partial charge in [-0.3, -0.25) is 4.79 Å². The van der Waals surface area contributed by atoms with Crippen molar-refractivity contribution in [2.45, 2.75) is 0 Å². The number of carbonyl (C=O) groups excluding carboxylic acids is 1. The average molecular weight is 171 g/mol. The first-order valence-corrected chi connectivity index (χ1v) is 3.59. The Morgan fingerprint density at radius 1 is 1.44 bits per heavy atom. The fourth-order valence-corrected chi connectivity index (χ4v) is 0.465. The fourth-order valence-electron chi connectivity index (χ4n) is 0.279. The molecule has 54 valence electrons. The van der Waals surface area contributed by atoms with Crippen molar-refractivity contribution in [3.63, 3.8) is 0 Å². The Labute approximate surface area is 64.1 Å². The standard InChI is InChI=1S/C5H8Cl2O2/c6-1-2-9-4-5(8)3-7/h1-4H2. The van der Waals surface area contributed by atoms with Gasteiger partial charge in [0.15, 0.2) is 5.78 Å². The zero-order valence-electron chi connectivity index (χ0n) is 4.90. The number of Topliss-reactive ketones (excluding diaryl/α,β-unsaturated/α-hetero) is 1. The molecule has 0 heterocycles. The van der Waals surface area contributed by atoms with Gasteiger partial charge in [-0.2, -0.15) is 0 Å². The lowest BCUT2D eigenvalue weighted by molar-refractivity contribution is -0.120. The van der Waals surface area contributed by atoms with E-state index in [1.54, 1.807) is 0 Å². The van der Waals surface area contributed by atoms with Crippen LogP contribution < -0.4 is 0 Å². The number of rotatable bonds is 5. The average Bonchev–Trinajstić information content (AvgIpc) is 1.89. The zero-order chi connectivity index (χ0) is 7.11. The van der Waals surface area contributed by atoms with Crippen molar-refractivity contribution >= 4 is 29.0 Å². The zero-order valence-corrected chi connectivity index (χ0v) is 6.41. The Hall–Kier alpha value is 0.210. The van der Waals surface area contributed by atoms with E-state index in [2.05, 4.69) is 0 Å². The van der Waals surface area contributed by atoms with Crippen LogP contribution in [-0.2, 0) is 9.53 Å². The van der Waals surface area contributed by atoms with E-state index in [0.717, 1.165) is 0 Å². The first-order valence-electron chi connectivity index (χ1n) is 2.52. The maximum Gasteiger partial charge on any atom is 0.173 e. The molecule has 0 saturated carbocycles. The minimum Gasteiger partial charge on any atom is -0.372 e. The van der Waals surface area contributed by atoms with Gasteiger partial charge in [0, 0.05) is 5.88 Å².